The van der Waals surface area contributed by atoms with Crippen molar-refractivity contribution in [3.63, 3.8) is 0 Å². The van der Waals surface area contributed by atoms with Gasteiger partial charge in [0.25, 0.3) is 5.91 Å². The second kappa shape index (κ2) is 7.75. The minimum atomic E-state index is -0.0900. The number of hydrogen-bond donors (Lipinski definition) is 3. The van der Waals surface area contributed by atoms with E-state index in [0.29, 0.717) is 29.8 Å². The van der Waals surface area contributed by atoms with Crippen molar-refractivity contribution in [1.29, 1.82) is 0 Å². The SMILES string of the molecule is Cc1cc(Nc2nc(-c3cccc(C(=O)NCC(C)C)c3)cc3nccn23)n[nH]1. The topological polar surface area (TPSA) is 100 Å². The quantitative estimate of drug-likeness (QED) is 0.468. The normalized spacial score (nSPS) is 11.2. The molecule has 3 aromatic heterocycles. The maximum absolute atomic E-state index is 12.4. The van der Waals surface area contributed by atoms with Crippen LogP contribution in [-0.2, 0) is 0 Å². The van der Waals surface area contributed by atoms with Crippen molar-refractivity contribution in [1.82, 2.24) is 29.9 Å². The van der Waals surface area contributed by atoms with Gasteiger partial charge in [0.2, 0.25) is 5.95 Å². The molecule has 0 saturated carbocycles. The van der Waals surface area contributed by atoms with E-state index >= 15 is 0 Å². The fourth-order valence-electron chi connectivity index (χ4n) is 2.97. The van der Waals surface area contributed by atoms with E-state index < -0.39 is 0 Å². The number of hydrogen-bond acceptors (Lipinski definition) is 5. The molecular weight excluding hydrogens is 366 g/mol. The van der Waals surface area contributed by atoms with Crippen LogP contribution in [-0.4, -0.2) is 37.0 Å². The van der Waals surface area contributed by atoms with E-state index in [2.05, 4.69) is 39.7 Å². The van der Waals surface area contributed by atoms with Crippen LogP contribution in [0.3, 0.4) is 0 Å². The summed E-state index contributed by atoms with van der Waals surface area (Å²) in [5.74, 6) is 1.57. The van der Waals surface area contributed by atoms with Gasteiger partial charge < -0.3 is 10.6 Å². The molecule has 3 heterocycles. The smallest absolute Gasteiger partial charge is 0.251 e. The molecule has 0 atom stereocenters. The highest BCUT2D eigenvalue weighted by molar-refractivity contribution is 5.95. The summed E-state index contributed by atoms with van der Waals surface area (Å²) in [5.41, 5.74) is 3.86. The predicted octanol–water partition coefficient (Wildman–Crippen LogP) is 3.56. The number of nitrogens with zero attached hydrogens (tertiary/aromatic N) is 4. The largest absolute Gasteiger partial charge is 0.352 e. The summed E-state index contributed by atoms with van der Waals surface area (Å²) in [4.78, 5) is 21.6. The molecule has 0 spiro atoms. The Morgan fingerprint density at radius 3 is 2.86 bits per heavy atom. The van der Waals surface area contributed by atoms with Crippen LogP contribution >= 0.6 is 0 Å². The third-order valence-corrected chi connectivity index (χ3v) is 4.43. The number of aryl methyl sites for hydroxylation is 1. The highest BCUT2D eigenvalue weighted by Gasteiger charge is 2.12. The van der Waals surface area contributed by atoms with E-state index in [0.717, 1.165) is 22.6 Å². The predicted molar refractivity (Wildman–Crippen MR) is 112 cm³/mol. The molecule has 8 nitrogen and oxygen atoms in total. The molecule has 1 aromatic carbocycles. The van der Waals surface area contributed by atoms with Gasteiger partial charge in [0.1, 0.15) is 5.65 Å². The van der Waals surface area contributed by atoms with Crippen LogP contribution < -0.4 is 10.6 Å². The first-order valence-electron chi connectivity index (χ1n) is 9.51. The summed E-state index contributed by atoms with van der Waals surface area (Å²) in [6.45, 7) is 6.70. The molecule has 4 rings (SSSR count). The maximum Gasteiger partial charge on any atom is 0.251 e. The van der Waals surface area contributed by atoms with Crippen molar-refractivity contribution in [2.45, 2.75) is 20.8 Å². The zero-order valence-electron chi connectivity index (χ0n) is 16.6. The van der Waals surface area contributed by atoms with Crippen molar-refractivity contribution < 1.29 is 4.79 Å². The molecule has 4 aromatic rings. The number of fused-ring (bicyclic) bond motifs is 1. The number of carbonyl (C=O) groups excluding carboxylic acids is 1. The van der Waals surface area contributed by atoms with Gasteiger partial charge in [-0.05, 0) is 25.0 Å². The lowest BCUT2D eigenvalue weighted by molar-refractivity contribution is 0.0949. The molecule has 0 saturated heterocycles. The summed E-state index contributed by atoms with van der Waals surface area (Å²) in [7, 11) is 0. The number of aromatic amines is 1. The van der Waals surface area contributed by atoms with E-state index in [1.54, 1.807) is 12.3 Å². The van der Waals surface area contributed by atoms with Crippen LogP contribution in [0.25, 0.3) is 16.9 Å². The zero-order chi connectivity index (χ0) is 20.4. The van der Waals surface area contributed by atoms with E-state index in [4.69, 9.17) is 4.98 Å². The van der Waals surface area contributed by atoms with Gasteiger partial charge in [0.15, 0.2) is 5.82 Å². The van der Waals surface area contributed by atoms with Gasteiger partial charge in [-0.3, -0.25) is 14.3 Å². The molecule has 1 amide bonds. The molecule has 8 heteroatoms. The number of aromatic nitrogens is 5. The Bertz CT molecular complexity index is 1160. The van der Waals surface area contributed by atoms with Gasteiger partial charge in [-0.1, -0.05) is 26.0 Å². The number of nitrogens with one attached hydrogen (secondary N) is 3. The van der Waals surface area contributed by atoms with Crippen LogP contribution in [0.5, 0.6) is 0 Å². The number of amides is 1. The summed E-state index contributed by atoms with van der Waals surface area (Å²) < 4.78 is 1.85. The summed E-state index contributed by atoms with van der Waals surface area (Å²) >= 11 is 0. The second-order valence-corrected chi connectivity index (χ2v) is 7.37. The van der Waals surface area contributed by atoms with Crippen LogP contribution in [0, 0.1) is 12.8 Å². The van der Waals surface area contributed by atoms with E-state index in [1.807, 2.05) is 47.9 Å². The van der Waals surface area contributed by atoms with Gasteiger partial charge >= 0.3 is 0 Å². The Hall–Kier alpha value is -3.68. The Morgan fingerprint density at radius 1 is 1.24 bits per heavy atom. The van der Waals surface area contributed by atoms with Crippen LogP contribution in [0.2, 0.25) is 0 Å². The summed E-state index contributed by atoms with van der Waals surface area (Å²) in [5, 5.41) is 13.3. The van der Waals surface area contributed by atoms with Crippen LogP contribution in [0.4, 0.5) is 11.8 Å². The highest BCUT2D eigenvalue weighted by Crippen LogP contribution is 2.24. The first-order valence-corrected chi connectivity index (χ1v) is 9.51. The molecule has 0 aliphatic carbocycles. The van der Waals surface area contributed by atoms with Crippen LogP contribution in [0.1, 0.15) is 29.9 Å². The highest BCUT2D eigenvalue weighted by atomic mass is 16.1. The average molecular weight is 389 g/mol. The molecule has 0 radical (unpaired) electrons. The first kappa shape index (κ1) is 18.7. The molecule has 0 unspecified atom stereocenters. The molecule has 148 valence electrons. The fraction of sp³-hybridized carbons (Fsp3) is 0.238. The monoisotopic (exact) mass is 389 g/mol. The Balaban J connectivity index is 1.69. The number of H-pyrrole nitrogens is 1. The Labute approximate surface area is 168 Å². The third-order valence-electron chi connectivity index (χ3n) is 4.43. The number of imidazole rings is 1. The second-order valence-electron chi connectivity index (χ2n) is 7.37. The van der Waals surface area contributed by atoms with Crippen LogP contribution in [0.15, 0.2) is 48.8 Å². The van der Waals surface area contributed by atoms with Crippen molar-refractivity contribution >= 4 is 23.3 Å². The van der Waals surface area contributed by atoms with Crippen molar-refractivity contribution in [2.24, 2.45) is 5.92 Å². The molecule has 29 heavy (non-hydrogen) atoms. The summed E-state index contributed by atoms with van der Waals surface area (Å²) in [6, 6.07) is 11.2. The van der Waals surface area contributed by atoms with Gasteiger partial charge in [-0.2, -0.15) is 5.10 Å². The molecule has 0 bridgehead atoms. The van der Waals surface area contributed by atoms with E-state index in [1.165, 1.54) is 0 Å². The van der Waals surface area contributed by atoms with Crippen molar-refractivity contribution in [3.05, 3.63) is 60.0 Å². The minimum absolute atomic E-state index is 0.0900. The molecule has 3 N–H and O–H groups in total. The Kier molecular flexibility index (Phi) is 4.99. The molecule has 0 aliphatic rings. The lowest BCUT2D eigenvalue weighted by Gasteiger charge is -2.11. The van der Waals surface area contributed by atoms with Gasteiger partial charge in [0.05, 0.1) is 5.69 Å². The average Bonchev–Trinajstić information content (AvgIpc) is 3.35. The molecule has 0 aliphatic heterocycles. The standard InChI is InChI=1S/C21H23N7O/c1-13(2)12-23-20(29)16-6-4-5-15(10-16)17-11-19-22-7-8-28(19)21(24-17)25-18-9-14(3)26-27-18/h4-11,13H,12H2,1-3H3,(H,23,29)(H2,24,25,26,27). The lowest BCUT2D eigenvalue weighted by atomic mass is 10.1. The minimum Gasteiger partial charge on any atom is -0.352 e. The fourth-order valence-corrected chi connectivity index (χ4v) is 2.97. The van der Waals surface area contributed by atoms with Crippen molar-refractivity contribution in [2.75, 3.05) is 11.9 Å². The number of benzene rings is 1. The molecular formula is C21H23N7O. The van der Waals surface area contributed by atoms with Gasteiger partial charge in [0, 0.05) is 47.9 Å². The first-order chi connectivity index (χ1) is 14.0. The van der Waals surface area contributed by atoms with Gasteiger partial charge in [-0.25, -0.2) is 9.97 Å². The number of anilines is 2. The lowest BCUT2D eigenvalue weighted by Crippen LogP contribution is -2.27. The van der Waals surface area contributed by atoms with Gasteiger partial charge in [-0.15, -0.1) is 0 Å². The van der Waals surface area contributed by atoms with E-state index in [-0.39, 0.29) is 5.91 Å². The maximum atomic E-state index is 12.4. The number of carbonyl (C=O) groups is 1. The van der Waals surface area contributed by atoms with Crippen molar-refractivity contribution in [3.8, 4) is 11.3 Å². The Morgan fingerprint density at radius 2 is 2.10 bits per heavy atom. The third kappa shape index (κ3) is 4.11. The molecule has 0 fully saturated rings. The number of rotatable bonds is 6. The zero-order valence-corrected chi connectivity index (χ0v) is 16.6. The van der Waals surface area contributed by atoms with E-state index in [9.17, 15) is 4.79 Å². The summed E-state index contributed by atoms with van der Waals surface area (Å²) in [6.07, 6.45) is 3.56.